The second kappa shape index (κ2) is 9.43. The van der Waals surface area contributed by atoms with E-state index in [1.165, 1.54) is 13.3 Å². The molecule has 1 N–H and O–H groups in total. The number of carbonyl (C=O) groups is 1. The summed E-state index contributed by atoms with van der Waals surface area (Å²) in [6, 6.07) is 14.2. The molecule has 2 aromatic rings. The van der Waals surface area contributed by atoms with Crippen molar-refractivity contribution in [1.82, 2.24) is 5.43 Å². The lowest BCUT2D eigenvalue weighted by atomic mass is 10.2. The van der Waals surface area contributed by atoms with Crippen molar-refractivity contribution in [1.29, 1.82) is 0 Å². The number of ether oxygens (including phenoxy) is 1. The van der Waals surface area contributed by atoms with E-state index in [-0.39, 0.29) is 5.69 Å². The minimum absolute atomic E-state index is 0.286. The molecule has 0 atom stereocenters. The maximum Gasteiger partial charge on any atom is 0.260 e. The van der Waals surface area contributed by atoms with Crippen molar-refractivity contribution in [3.8, 4) is 5.75 Å². The van der Waals surface area contributed by atoms with Gasteiger partial charge in [0.15, 0.2) is 0 Å². The summed E-state index contributed by atoms with van der Waals surface area (Å²) in [6.45, 7) is -0.415. The first-order chi connectivity index (χ1) is 12.8. The number of methoxy groups -OCH3 is 1. The number of nitrogens with one attached hydrogen (secondary N) is 1. The zero-order valence-corrected chi connectivity index (χ0v) is 16.9. The van der Waals surface area contributed by atoms with Gasteiger partial charge in [-0.15, -0.1) is 11.8 Å². The van der Waals surface area contributed by atoms with Gasteiger partial charge in [-0.3, -0.25) is 9.10 Å². The summed E-state index contributed by atoms with van der Waals surface area (Å²) in [5.41, 5.74) is 3.45. The fourth-order valence-electron chi connectivity index (χ4n) is 2.25. The molecule has 0 aliphatic carbocycles. The van der Waals surface area contributed by atoms with E-state index in [4.69, 9.17) is 4.74 Å². The molecule has 2 aromatic carbocycles. The van der Waals surface area contributed by atoms with E-state index in [9.17, 15) is 13.2 Å². The highest BCUT2D eigenvalue weighted by atomic mass is 32.2. The molecule has 144 valence electrons. The molecule has 0 aromatic heterocycles. The fraction of sp³-hybridized carbons (Fsp3) is 0.222. The number of nitrogens with zero attached hydrogens (tertiary/aromatic N) is 2. The molecule has 9 heteroatoms. The Morgan fingerprint density at radius 1 is 1.22 bits per heavy atom. The number of thioether (sulfide) groups is 1. The van der Waals surface area contributed by atoms with Gasteiger partial charge < -0.3 is 4.74 Å². The molecule has 0 saturated carbocycles. The molecule has 0 aliphatic heterocycles. The smallest absolute Gasteiger partial charge is 0.260 e. The van der Waals surface area contributed by atoms with E-state index in [2.05, 4.69) is 10.5 Å². The third-order valence-electron chi connectivity index (χ3n) is 3.56. The molecule has 7 nitrogen and oxygen atoms in total. The Hall–Kier alpha value is -2.52. The lowest BCUT2D eigenvalue weighted by molar-refractivity contribution is -0.119. The second-order valence-electron chi connectivity index (χ2n) is 5.51. The van der Waals surface area contributed by atoms with Gasteiger partial charge in [0, 0.05) is 4.90 Å². The number of anilines is 1. The van der Waals surface area contributed by atoms with Gasteiger partial charge in [-0.25, -0.2) is 13.8 Å². The first kappa shape index (κ1) is 20.8. The molecule has 0 fully saturated rings. The topological polar surface area (TPSA) is 88.1 Å². The highest BCUT2D eigenvalue weighted by Gasteiger charge is 2.23. The summed E-state index contributed by atoms with van der Waals surface area (Å²) in [6.07, 6.45) is 4.51. The van der Waals surface area contributed by atoms with Crippen LogP contribution in [-0.4, -0.2) is 46.7 Å². The van der Waals surface area contributed by atoms with Crippen molar-refractivity contribution < 1.29 is 17.9 Å². The number of hydrogen-bond donors (Lipinski definition) is 1. The summed E-state index contributed by atoms with van der Waals surface area (Å²) in [5.74, 6) is -0.212. The van der Waals surface area contributed by atoms with Crippen LogP contribution >= 0.6 is 11.8 Å². The van der Waals surface area contributed by atoms with Crippen molar-refractivity contribution >= 4 is 39.6 Å². The maximum absolute atomic E-state index is 12.2. The fourth-order valence-corrected chi connectivity index (χ4v) is 3.52. The third kappa shape index (κ3) is 6.00. The second-order valence-corrected chi connectivity index (χ2v) is 8.29. The molecule has 0 aliphatic rings. The summed E-state index contributed by atoms with van der Waals surface area (Å²) in [5, 5.41) is 3.88. The van der Waals surface area contributed by atoms with E-state index >= 15 is 0 Å². The van der Waals surface area contributed by atoms with Crippen molar-refractivity contribution in [2.45, 2.75) is 4.90 Å². The Labute approximate surface area is 163 Å². The highest BCUT2D eigenvalue weighted by molar-refractivity contribution is 7.98. The zero-order chi connectivity index (χ0) is 19.9. The molecular formula is C18H21N3O4S2. The number of hydrogen-bond acceptors (Lipinski definition) is 6. The lowest BCUT2D eigenvalue weighted by Crippen LogP contribution is -2.39. The van der Waals surface area contributed by atoms with E-state index < -0.39 is 22.5 Å². The number of rotatable bonds is 8. The highest BCUT2D eigenvalue weighted by Crippen LogP contribution is 2.29. The van der Waals surface area contributed by atoms with Crippen LogP contribution in [0.3, 0.4) is 0 Å². The van der Waals surface area contributed by atoms with Gasteiger partial charge in [-0.2, -0.15) is 5.10 Å². The van der Waals surface area contributed by atoms with Crippen LogP contribution in [0.1, 0.15) is 5.56 Å². The number of sulfonamides is 1. The Morgan fingerprint density at radius 2 is 1.89 bits per heavy atom. The minimum atomic E-state index is -3.69. The minimum Gasteiger partial charge on any atom is -0.495 e. The van der Waals surface area contributed by atoms with Crippen molar-refractivity contribution in [3.05, 3.63) is 54.1 Å². The molecule has 0 bridgehead atoms. The van der Waals surface area contributed by atoms with Gasteiger partial charge in [0.25, 0.3) is 5.91 Å². The molecule has 27 heavy (non-hydrogen) atoms. The van der Waals surface area contributed by atoms with Crippen LogP contribution in [0.4, 0.5) is 5.69 Å². The standard InChI is InChI=1S/C18H21N3O4S2/c1-25-17-7-5-4-6-16(17)21(27(3,23)24)13-18(22)20-19-12-14-8-10-15(26-2)11-9-14/h4-12H,13H2,1-3H3,(H,20,22). The average Bonchev–Trinajstić information content (AvgIpc) is 2.66. The van der Waals surface area contributed by atoms with E-state index in [1.54, 1.807) is 36.0 Å². The number of benzene rings is 2. The summed E-state index contributed by atoms with van der Waals surface area (Å²) >= 11 is 1.63. The molecule has 0 heterocycles. The van der Waals surface area contributed by atoms with Crippen LogP contribution < -0.4 is 14.5 Å². The predicted molar refractivity (Wildman–Crippen MR) is 109 cm³/mol. The van der Waals surface area contributed by atoms with Crippen LogP contribution in [0.2, 0.25) is 0 Å². The molecule has 0 unspecified atom stereocenters. The van der Waals surface area contributed by atoms with Crippen molar-refractivity contribution in [2.75, 3.05) is 30.5 Å². The van der Waals surface area contributed by atoms with Crippen LogP contribution in [-0.2, 0) is 14.8 Å². The Bertz CT molecular complexity index is 912. The third-order valence-corrected chi connectivity index (χ3v) is 5.43. The molecule has 2 rings (SSSR count). The maximum atomic E-state index is 12.2. The normalized spacial score (nSPS) is 11.4. The van der Waals surface area contributed by atoms with Gasteiger partial charge in [0.05, 0.1) is 25.3 Å². The number of carbonyl (C=O) groups excluding carboxylic acids is 1. The SMILES string of the molecule is COc1ccccc1N(CC(=O)NN=Cc1ccc(SC)cc1)S(C)(=O)=O. The summed E-state index contributed by atoms with van der Waals surface area (Å²) in [7, 11) is -2.26. The van der Waals surface area contributed by atoms with Crippen LogP contribution in [0.15, 0.2) is 58.5 Å². The number of hydrazone groups is 1. The van der Waals surface area contributed by atoms with Crippen molar-refractivity contribution in [3.63, 3.8) is 0 Å². The molecule has 0 saturated heterocycles. The van der Waals surface area contributed by atoms with Gasteiger partial charge >= 0.3 is 0 Å². The van der Waals surface area contributed by atoms with Crippen LogP contribution in [0.5, 0.6) is 5.75 Å². The number of para-hydroxylation sites is 2. The zero-order valence-electron chi connectivity index (χ0n) is 15.2. The van der Waals surface area contributed by atoms with Crippen molar-refractivity contribution in [2.24, 2.45) is 5.10 Å². The van der Waals surface area contributed by atoms with Crippen LogP contribution in [0, 0.1) is 0 Å². The molecule has 0 spiro atoms. The number of amides is 1. The first-order valence-electron chi connectivity index (χ1n) is 7.92. The Morgan fingerprint density at radius 3 is 2.48 bits per heavy atom. The monoisotopic (exact) mass is 407 g/mol. The largest absolute Gasteiger partial charge is 0.495 e. The lowest BCUT2D eigenvalue weighted by Gasteiger charge is -2.23. The Kier molecular flexibility index (Phi) is 7.26. The van der Waals surface area contributed by atoms with Gasteiger partial charge in [0.2, 0.25) is 10.0 Å². The average molecular weight is 408 g/mol. The quantitative estimate of drug-likeness (QED) is 0.412. The first-order valence-corrected chi connectivity index (χ1v) is 11.0. The predicted octanol–water partition coefficient (Wildman–Crippen LogP) is 2.33. The van der Waals surface area contributed by atoms with Gasteiger partial charge in [-0.1, -0.05) is 24.3 Å². The Balaban J connectivity index is 2.09. The molecular weight excluding hydrogens is 386 g/mol. The van der Waals surface area contributed by atoms with Crippen LogP contribution in [0.25, 0.3) is 0 Å². The molecule has 1 amide bonds. The molecule has 0 radical (unpaired) electrons. The van der Waals surface area contributed by atoms with Gasteiger partial charge in [-0.05, 0) is 36.1 Å². The summed E-state index contributed by atoms with van der Waals surface area (Å²) in [4.78, 5) is 13.3. The van der Waals surface area contributed by atoms with E-state index in [1.807, 2.05) is 30.5 Å². The van der Waals surface area contributed by atoms with E-state index in [0.717, 1.165) is 21.0 Å². The van der Waals surface area contributed by atoms with E-state index in [0.29, 0.717) is 5.75 Å². The van der Waals surface area contributed by atoms with Gasteiger partial charge in [0.1, 0.15) is 12.3 Å². The summed E-state index contributed by atoms with van der Waals surface area (Å²) < 4.78 is 30.5.